The Balaban J connectivity index is 1.77. The summed E-state index contributed by atoms with van der Waals surface area (Å²) in [7, 11) is 0. The molecule has 3 rings (SSSR count). The number of amides is 1. The van der Waals surface area contributed by atoms with Crippen LogP contribution in [-0.4, -0.2) is 41.6 Å². The Bertz CT molecular complexity index is 490. The first-order chi connectivity index (χ1) is 9.63. The average Bonchev–Trinajstić information content (AvgIpc) is 3.11. The Morgan fingerprint density at radius 1 is 1.45 bits per heavy atom. The van der Waals surface area contributed by atoms with Crippen LogP contribution in [0, 0.1) is 12.8 Å². The molecule has 1 aromatic heterocycles. The van der Waals surface area contributed by atoms with Gasteiger partial charge < -0.3 is 9.64 Å². The van der Waals surface area contributed by atoms with Crippen LogP contribution in [0.25, 0.3) is 0 Å². The van der Waals surface area contributed by atoms with Crippen LogP contribution >= 0.6 is 11.6 Å². The maximum Gasteiger partial charge on any atom is 0.254 e. The van der Waals surface area contributed by atoms with Crippen molar-refractivity contribution in [3.8, 4) is 0 Å². The maximum atomic E-state index is 12.7. The molecule has 1 saturated carbocycles. The van der Waals surface area contributed by atoms with Gasteiger partial charge in [-0.3, -0.25) is 4.79 Å². The Hall–Kier alpha value is -1.13. The van der Waals surface area contributed by atoms with Crippen LogP contribution < -0.4 is 0 Å². The molecule has 1 aromatic rings. The van der Waals surface area contributed by atoms with Crippen LogP contribution in [-0.2, 0) is 4.74 Å². The van der Waals surface area contributed by atoms with Crippen molar-refractivity contribution in [2.24, 2.45) is 5.92 Å². The van der Waals surface area contributed by atoms with Crippen LogP contribution in [0.2, 0.25) is 5.15 Å². The van der Waals surface area contributed by atoms with Gasteiger partial charge in [0.2, 0.25) is 0 Å². The third-order valence-corrected chi connectivity index (χ3v) is 4.09. The molecule has 5 heteroatoms. The fraction of sp³-hybridized carbons (Fsp3) is 0.600. The van der Waals surface area contributed by atoms with Gasteiger partial charge in [0, 0.05) is 36.4 Å². The summed E-state index contributed by atoms with van der Waals surface area (Å²) >= 11 is 5.96. The zero-order valence-electron chi connectivity index (χ0n) is 11.6. The minimum absolute atomic E-state index is 0.0757. The molecule has 108 valence electrons. The van der Waals surface area contributed by atoms with Crippen molar-refractivity contribution < 1.29 is 9.53 Å². The van der Waals surface area contributed by atoms with E-state index in [0.717, 1.165) is 44.7 Å². The molecule has 1 unspecified atom stereocenters. The average molecular weight is 295 g/mol. The Morgan fingerprint density at radius 2 is 2.25 bits per heavy atom. The third kappa shape index (κ3) is 3.13. The molecule has 0 radical (unpaired) electrons. The number of nitrogens with zero attached hydrogens (tertiary/aromatic N) is 2. The summed E-state index contributed by atoms with van der Waals surface area (Å²) in [5.41, 5.74) is 1.43. The lowest BCUT2D eigenvalue weighted by molar-refractivity contribution is 0.0706. The van der Waals surface area contributed by atoms with E-state index in [4.69, 9.17) is 16.3 Å². The fourth-order valence-electron chi connectivity index (χ4n) is 2.71. The third-order valence-electron chi connectivity index (χ3n) is 3.90. The van der Waals surface area contributed by atoms with Gasteiger partial charge >= 0.3 is 0 Å². The van der Waals surface area contributed by atoms with Crippen molar-refractivity contribution in [2.45, 2.75) is 32.2 Å². The summed E-state index contributed by atoms with van der Waals surface area (Å²) in [6.07, 6.45) is 3.26. The molecule has 0 spiro atoms. The first-order valence-electron chi connectivity index (χ1n) is 7.16. The van der Waals surface area contributed by atoms with Crippen molar-refractivity contribution in [3.05, 3.63) is 28.5 Å². The van der Waals surface area contributed by atoms with E-state index in [-0.39, 0.29) is 5.91 Å². The lowest BCUT2D eigenvalue weighted by Crippen LogP contribution is -2.37. The molecule has 1 aliphatic carbocycles. The highest BCUT2D eigenvalue weighted by atomic mass is 35.5. The van der Waals surface area contributed by atoms with Crippen LogP contribution in [0.15, 0.2) is 12.1 Å². The minimum atomic E-state index is 0.0757. The van der Waals surface area contributed by atoms with E-state index < -0.39 is 0 Å². The van der Waals surface area contributed by atoms with Gasteiger partial charge in [-0.2, -0.15) is 0 Å². The number of rotatable bonds is 4. The van der Waals surface area contributed by atoms with E-state index in [1.165, 1.54) is 0 Å². The van der Waals surface area contributed by atoms with Gasteiger partial charge in [-0.1, -0.05) is 11.6 Å². The molecule has 1 aliphatic heterocycles. The van der Waals surface area contributed by atoms with Crippen LogP contribution in [0.4, 0.5) is 0 Å². The second-order valence-corrected chi connectivity index (χ2v) is 6.13. The van der Waals surface area contributed by atoms with Crippen LogP contribution in [0.1, 0.15) is 35.3 Å². The largest absolute Gasteiger partial charge is 0.381 e. The molecular formula is C15H19ClN2O2. The highest BCUT2D eigenvalue weighted by Gasteiger charge is 2.35. The molecule has 2 aliphatic rings. The van der Waals surface area contributed by atoms with Gasteiger partial charge in [-0.05, 0) is 38.3 Å². The lowest BCUT2D eigenvalue weighted by Gasteiger charge is -2.25. The second-order valence-electron chi connectivity index (χ2n) is 5.74. The van der Waals surface area contributed by atoms with Crippen molar-refractivity contribution in [2.75, 3.05) is 19.8 Å². The van der Waals surface area contributed by atoms with Gasteiger partial charge in [0.25, 0.3) is 5.91 Å². The first kappa shape index (κ1) is 13.8. The molecule has 20 heavy (non-hydrogen) atoms. The van der Waals surface area contributed by atoms with Gasteiger partial charge in [0.15, 0.2) is 0 Å². The molecule has 1 saturated heterocycles. The second kappa shape index (κ2) is 5.70. The number of hydrogen-bond acceptors (Lipinski definition) is 3. The highest BCUT2D eigenvalue weighted by molar-refractivity contribution is 6.29. The molecule has 2 fully saturated rings. The smallest absolute Gasteiger partial charge is 0.254 e. The summed E-state index contributed by atoms with van der Waals surface area (Å²) in [6, 6.07) is 3.88. The van der Waals surface area contributed by atoms with E-state index in [1.807, 2.05) is 17.9 Å². The molecule has 1 amide bonds. The molecule has 4 nitrogen and oxygen atoms in total. The number of pyridine rings is 1. The van der Waals surface area contributed by atoms with Gasteiger partial charge in [0.05, 0.1) is 6.61 Å². The first-order valence-corrected chi connectivity index (χ1v) is 7.54. The van der Waals surface area contributed by atoms with Gasteiger partial charge in [0.1, 0.15) is 5.15 Å². The molecular weight excluding hydrogens is 276 g/mol. The SMILES string of the molecule is Cc1cc(C(=O)N(CC2CCOC2)C2CC2)cc(Cl)n1. The van der Waals surface area contributed by atoms with Crippen molar-refractivity contribution >= 4 is 17.5 Å². The Kier molecular flexibility index (Phi) is 3.94. The number of ether oxygens (including phenoxy) is 1. The molecule has 2 heterocycles. The zero-order chi connectivity index (χ0) is 14.1. The van der Waals surface area contributed by atoms with E-state index in [0.29, 0.717) is 22.7 Å². The van der Waals surface area contributed by atoms with E-state index >= 15 is 0 Å². The Labute approximate surface area is 124 Å². The predicted octanol–water partition coefficient (Wildman–Crippen LogP) is 2.68. The molecule has 1 atom stereocenters. The number of halogens is 1. The van der Waals surface area contributed by atoms with Gasteiger partial charge in [-0.15, -0.1) is 0 Å². The predicted molar refractivity (Wildman–Crippen MR) is 77.0 cm³/mol. The monoisotopic (exact) mass is 294 g/mol. The summed E-state index contributed by atoms with van der Waals surface area (Å²) < 4.78 is 5.41. The number of aromatic nitrogens is 1. The lowest BCUT2D eigenvalue weighted by atomic mass is 10.1. The summed E-state index contributed by atoms with van der Waals surface area (Å²) in [6.45, 7) is 4.24. The molecule has 0 N–H and O–H groups in total. The number of aryl methyl sites for hydroxylation is 1. The standard InChI is InChI=1S/C15H19ClN2O2/c1-10-6-12(7-14(16)17-10)15(19)18(13-2-3-13)8-11-4-5-20-9-11/h6-7,11,13H,2-5,8-9H2,1H3. The van der Waals surface area contributed by atoms with Gasteiger partial charge in [-0.25, -0.2) is 4.98 Å². The fourth-order valence-corrected chi connectivity index (χ4v) is 2.96. The normalized spacial score (nSPS) is 22.0. The van der Waals surface area contributed by atoms with E-state index in [9.17, 15) is 4.79 Å². The summed E-state index contributed by atoms with van der Waals surface area (Å²) in [5.74, 6) is 0.546. The highest BCUT2D eigenvalue weighted by Crippen LogP contribution is 2.30. The summed E-state index contributed by atoms with van der Waals surface area (Å²) in [4.78, 5) is 18.8. The molecule has 0 bridgehead atoms. The number of carbonyl (C=O) groups is 1. The van der Waals surface area contributed by atoms with E-state index in [2.05, 4.69) is 4.98 Å². The van der Waals surface area contributed by atoms with Crippen molar-refractivity contribution in [3.63, 3.8) is 0 Å². The number of hydrogen-bond donors (Lipinski definition) is 0. The van der Waals surface area contributed by atoms with E-state index in [1.54, 1.807) is 6.07 Å². The summed E-state index contributed by atoms with van der Waals surface area (Å²) in [5, 5.41) is 0.383. The van der Waals surface area contributed by atoms with Crippen molar-refractivity contribution in [1.82, 2.24) is 9.88 Å². The quantitative estimate of drug-likeness (QED) is 0.802. The molecule has 0 aromatic carbocycles. The van der Waals surface area contributed by atoms with Crippen LogP contribution in [0.5, 0.6) is 0 Å². The Morgan fingerprint density at radius 3 is 2.85 bits per heavy atom. The zero-order valence-corrected chi connectivity index (χ0v) is 12.4. The topological polar surface area (TPSA) is 42.4 Å². The minimum Gasteiger partial charge on any atom is -0.381 e. The maximum absolute atomic E-state index is 12.7. The van der Waals surface area contributed by atoms with Crippen molar-refractivity contribution in [1.29, 1.82) is 0 Å². The number of carbonyl (C=O) groups excluding carboxylic acids is 1. The van der Waals surface area contributed by atoms with Crippen LogP contribution in [0.3, 0.4) is 0 Å².